The fourth-order valence-corrected chi connectivity index (χ4v) is 2.95. The van der Waals surface area contributed by atoms with E-state index in [4.69, 9.17) is 16.0 Å². The maximum atomic E-state index is 9.39. The van der Waals surface area contributed by atoms with Gasteiger partial charge in [-0.1, -0.05) is 59.2 Å². The lowest BCUT2D eigenvalue weighted by Crippen LogP contribution is -2.03. The number of rotatable bonds is 1. The summed E-state index contributed by atoms with van der Waals surface area (Å²) in [5.74, 6) is 0.601. The van der Waals surface area contributed by atoms with Gasteiger partial charge in [0, 0.05) is 27.4 Å². The van der Waals surface area contributed by atoms with Gasteiger partial charge in [-0.15, -0.1) is 0 Å². The van der Waals surface area contributed by atoms with Crippen LogP contribution in [-0.4, -0.2) is 5.21 Å². The van der Waals surface area contributed by atoms with E-state index in [0.717, 1.165) is 21.7 Å². The van der Waals surface area contributed by atoms with Crippen LogP contribution in [0.4, 0.5) is 0 Å². The summed E-state index contributed by atoms with van der Waals surface area (Å²) in [6.45, 7) is 0. The van der Waals surface area contributed by atoms with E-state index in [1.54, 1.807) is 12.1 Å². The van der Waals surface area contributed by atoms with E-state index >= 15 is 0 Å². The molecular weight excluding hydrogens is 310 g/mol. The first kappa shape index (κ1) is 13.9. The molecule has 0 atom stereocenters. The highest BCUT2D eigenvalue weighted by molar-refractivity contribution is 6.30. The van der Waals surface area contributed by atoms with Crippen LogP contribution in [0, 0.1) is 0 Å². The third kappa shape index (κ3) is 2.35. The molecule has 112 valence electrons. The molecule has 0 aliphatic heterocycles. The molecule has 1 aromatic heterocycles. The summed E-state index contributed by atoms with van der Waals surface area (Å²) >= 11 is 6.07. The van der Waals surface area contributed by atoms with Crippen molar-refractivity contribution in [3.05, 3.63) is 77.1 Å². The van der Waals surface area contributed by atoms with Crippen molar-refractivity contribution in [2.45, 2.75) is 0 Å². The van der Waals surface area contributed by atoms with Gasteiger partial charge >= 0.3 is 0 Å². The molecule has 0 radical (unpaired) electrons. The van der Waals surface area contributed by atoms with Gasteiger partial charge in [-0.3, -0.25) is 0 Å². The quantitative estimate of drug-likeness (QED) is 0.298. The highest BCUT2D eigenvalue weighted by Gasteiger charge is 2.09. The lowest BCUT2D eigenvalue weighted by atomic mass is 10.1. The Bertz CT molecular complexity index is 1100. The normalized spacial score (nSPS) is 12.1. The average Bonchev–Trinajstić information content (AvgIpc) is 2.60. The molecule has 1 heterocycles. The molecule has 0 saturated carbocycles. The molecule has 0 aliphatic carbocycles. The van der Waals surface area contributed by atoms with Crippen molar-refractivity contribution in [2.75, 3.05) is 0 Å². The molecule has 0 unspecified atom stereocenters. The summed E-state index contributed by atoms with van der Waals surface area (Å²) in [5.41, 5.74) is 1.52. The van der Waals surface area contributed by atoms with E-state index in [9.17, 15) is 5.21 Å². The molecule has 0 aliphatic rings. The average molecular weight is 322 g/mol. The largest absolute Gasteiger partial charge is 0.455 e. The Hall–Kier alpha value is -2.78. The zero-order chi connectivity index (χ0) is 15.8. The predicted octanol–water partition coefficient (Wildman–Crippen LogP) is 5.20. The monoisotopic (exact) mass is 321 g/mol. The third-order valence-electron chi connectivity index (χ3n) is 3.85. The van der Waals surface area contributed by atoms with Crippen LogP contribution in [0.15, 0.2) is 76.3 Å². The molecular formula is C19H12ClNO2. The highest BCUT2D eigenvalue weighted by atomic mass is 35.5. The molecule has 1 N–H and O–H groups in total. The van der Waals surface area contributed by atoms with E-state index in [-0.39, 0.29) is 0 Å². The van der Waals surface area contributed by atoms with E-state index in [2.05, 4.69) is 5.16 Å². The summed E-state index contributed by atoms with van der Waals surface area (Å²) in [4.78, 5) is 0. The summed E-state index contributed by atoms with van der Waals surface area (Å²) in [7, 11) is 0. The number of hydrogen-bond acceptors (Lipinski definition) is 3. The van der Waals surface area contributed by atoms with Crippen molar-refractivity contribution in [1.29, 1.82) is 0 Å². The maximum absolute atomic E-state index is 9.39. The Kier molecular flexibility index (Phi) is 3.28. The molecule has 0 spiro atoms. The van der Waals surface area contributed by atoms with Gasteiger partial charge in [-0.05, 0) is 23.6 Å². The van der Waals surface area contributed by atoms with Gasteiger partial charge in [-0.25, -0.2) is 0 Å². The predicted molar refractivity (Wildman–Crippen MR) is 91.5 cm³/mol. The molecule has 0 fully saturated rings. The van der Waals surface area contributed by atoms with Gasteiger partial charge in [0.15, 0.2) is 0 Å². The fourth-order valence-electron chi connectivity index (χ4n) is 2.76. The van der Waals surface area contributed by atoms with Gasteiger partial charge in [0.2, 0.25) is 0 Å². The van der Waals surface area contributed by atoms with Gasteiger partial charge in [-0.2, -0.15) is 0 Å². The Morgan fingerprint density at radius 1 is 0.870 bits per heavy atom. The van der Waals surface area contributed by atoms with Crippen LogP contribution in [0.3, 0.4) is 0 Å². The second kappa shape index (κ2) is 5.45. The molecule has 0 amide bonds. The van der Waals surface area contributed by atoms with E-state index < -0.39 is 0 Å². The van der Waals surface area contributed by atoms with Crippen molar-refractivity contribution in [3.8, 4) is 11.3 Å². The summed E-state index contributed by atoms with van der Waals surface area (Å²) in [6.07, 6.45) is 0. The van der Waals surface area contributed by atoms with Gasteiger partial charge < -0.3 is 9.62 Å². The smallest absolute Gasteiger partial charge is 0.144 e. The molecule has 0 saturated heterocycles. The SMILES string of the molecule is O/N=c1\cc(-c2cccc(Cl)c2)oc2c1ccc1ccccc12. The third-order valence-corrected chi connectivity index (χ3v) is 4.09. The van der Waals surface area contributed by atoms with E-state index in [1.807, 2.05) is 54.6 Å². The minimum absolute atomic E-state index is 0.465. The van der Waals surface area contributed by atoms with Gasteiger partial charge in [0.1, 0.15) is 16.7 Å². The lowest BCUT2D eigenvalue weighted by molar-refractivity contribution is 0.302. The topological polar surface area (TPSA) is 45.7 Å². The van der Waals surface area contributed by atoms with Crippen LogP contribution in [0.5, 0.6) is 0 Å². The second-order valence-corrected chi connectivity index (χ2v) is 5.71. The van der Waals surface area contributed by atoms with E-state index in [0.29, 0.717) is 21.7 Å². The molecule has 4 aromatic rings. The summed E-state index contributed by atoms with van der Waals surface area (Å²) < 4.78 is 6.13. The van der Waals surface area contributed by atoms with Gasteiger partial charge in [0.05, 0.1) is 0 Å². The Labute approximate surface area is 137 Å². The number of benzene rings is 3. The number of halogens is 1. The van der Waals surface area contributed by atoms with Crippen LogP contribution in [0.1, 0.15) is 0 Å². The minimum atomic E-state index is 0.465. The Morgan fingerprint density at radius 2 is 1.74 bits per heavy atom. The first-order valence-corrected chi connectivity index (χ1v) is 7.54. The van der Waals surface area contributed by atoms with Crippen molar-refractivity contribution < 1.29 is 9.62 Å². The Morgan fingerprint density at radius 3 is 2.57 bits per heavy atom. The van der Waals surface area contributed by atoms with Crippen LogP contribution in [0.25, 0.3) is 33.1 Å². The number of hydrogen-bond donors (Lipinski definition) is 1. The van der Waals surface area contributed by atoms with Crippen LogP contribution in [-0.2, 0) is 0 Å². The standard InChI is InChI=1S/C19H12ClNO2/c20-14-6-3-5-13(10-14)18-11-17(21-22)16-9-8-12-4-1-2-7-15(12)19(16)23-18/h1-11,22H/b21-17+. The fraction of sp³-hybridized carbons (Fsp3) is 0. The van der Waals surface area contributed by atoms with E-state index in [1.165, 1.54) is 0 Å². The maximum Gasteiger partial charge on any atom is 0.144 e. The molecule has 23 heavy (non-hydrogen) atoms. The number of fused-ring (bicyclic) bond motifs is 3. The van der Waals surface area contributed by atoms with Crippen molar-refractivity contribution >= 4 is 33.3 Å². The molecule has 3 nitrogen and oxygen atoms in total. The first-order valence-electron chi connectivity index (χ1n) is 7.16. The number of nitrogens with zero attached hydrogens (tertiary/aromatic N) is 1. The zero-order valence-electron chi connectivity index (χ0n) is 12.0. The zero-order valence-corrected chi connectivity index (χ0v) is 12.8. The molecule has 3 aromatic carbocycles. The Balaban J connectivity index is 2.13. The van der Waals surface area contributed by atoms with Crippen molar-refractivity contribution in [2.24, 2.45) is 5.16 Å². The second-order valence-electron chi connectivity index (χ2n) is 5.27. The minimum Gasteiger partial charge on any atom is -0.455 e. The van der Waals surface area contributed by atoms with Crippen LogP contribution < -0.4 is 5.36 Å². The summed E-state index contributed by atoms with van der Waals surface area (Å²) in [5, 5.41) is 16.7. The van der Waals surface area contributed by atoms with Crippen LogP contribution in [0.2, 0.25) is 5.02 Å². The van der Waals surface area contributed by atoms with Gasteiger partial charge in [0.25, 0.3) is 0 Å². The van der Waals surface area contributed by atoms with Crippen molar-refractivity contribution in [1.82, 2.24) is 0 Å². The lowest BCUT2D eigenvalue weighted by Gasteiger charge is -2.07. The van der Waals surface area contributed by atoms with Crippen molar-refractivity contribution in [3.63, 3.8) is 0 Å². The summed E-state index contributed by atoms with van der Waals surface area (Å²) in [6, 6.07) is 20.9. The molecule has 4 rings (SSSR count). The molecule has 0 bridgehead atoms. The first-order chi connectivity index (χ1) is 11.3. The highest BCUT2D eigenvalue weighted by Crippen LogP contribution is 2.28. The van der Waals surface area contributed by atoms with Crippen LogP contribution >= 0.6 is 11.6 Å². The molecule has 4 heteroatoms.